The number of nitrogens with two attached hydrogens (primary N) is 1. The molecule has 0 spiro atoms. The van der Waals surface area contributed by atoms with Gasteiger partial charge in [0.1, 0.15) is 17.8 Å². The molecule has 1 aliphatic rings. The number of piperidine rings is 1. The first-order valence-electron chi connectivity index (χ1n) is 10.6. The van der Waals surface area contributed by atoms with Crippen molar-refractivity contribution in [3.8, 4) is 5.75 Å². The van der Waals surface area contributed by atoms with E-state index in [-0.39, 0.29) is 55.7 Å². The van der Waals surface area contributed by atoms with Crippen LogP contribution in [0.4, 0.5) is 8.78 Å². The van der Waals surface area contributed by atoms with Crippen LogP contribution in [0.3, 0.4) is 0 Å². The molecule has 5 N–H and O–H groups in total. The fourth-order valence-electron chi connectivity index (χ4n) is 3.51. The van der Waals surface area contributed by atoms with Crippen molar-refractivity contribution in [2.24, 2.45) is 5.73 Å². The molecule has 0 bridgehead atoms. The largest absolute Gasteiger partial charge is 0.487 e. The van der Waals surface area contributed by atoms with Crippen LogP contribution < -0.4 is 21.1 Å². The highest BCUT2D eigenvalue weighted by atomic mass is 35.5. The van der Waals surface area contributed by atoms with Gasteiger partial charge >= 0.3 is 0 Å². The highest BCUT2D eigenvalue weighted by Crippen LogP contribution is 2.31. The van der Waals surface area contributed by atoms with Crippen molar-refractivity contribution < 1.29 is 23.0 Å². The van der Waals surface area contributed by atoms with Crippen LogP contribution in [0.5, 0.6) is 5.75 Å². The van der Waals surface area contributed by atoms with E-state index in [0.29, 0.717) is 18.4 Å². The van der Waals surface area contributed by atoms with Gasteiger partial charge in [-0.1, -0.05) is 24.3 Å². The molecular formula is C23H30Cl2F2N4O3. The summed E-state index contributed by atoms with van der Waals surface area (Å²) in [5, 5.41) is 13.3. The molecule has 1 atom stereocenters. The summed E-state index contributed by atoms with van der Waals surface area (Å²) in [7, 11) is 0. The summed E-state index contributed by atoms with van der Waals surface area (Å²) in [6.45, 7) is 3.38. The van der Waals surface area contributed by atoms with Crippen molar-refractivity contribution in [1.29, 1.82) is 5.41 Å². The van der Waals surface area contributed by atoms with Gasteiger partial charge in [-0.05, 0) is 50.6 Å². The van der Waals surface area contributed by atoms with Crippen LogP contribution in [-0.4, -0.2) is 37.5 Å². The lowest BCUT2D eigenvalue weighted by atomic mass is 10.1. The Balaban J connectivity index is 0.00000289. The lowest BCUT2D eigenvalue weighted by Gasteiger charge is -2.25. The van der Waals surface area contributed by atoms with Crippen molar-refractivity contribution in [2.75, 3.05) is 19.7 Å². The van der Waals surface area contributed by atoms with Gasteiger partial charge < -0.3 is 25.8 Å². The SMILES string of the molecule is CCOC(C(=O)NCc1ccc(C(=N)N)cc1)c1c(F)ccc(OC2CCNCC2)c1F.Cl.Cl. The summed E-state index contributed by atoms with van der Waals surface area (Å²) in [6, 6.07) is 9.07. The van der Waals surface area contributed by atoms with E-state index >= 15 is 4.39 Å². The Morgan fingerprint density at radius 1 is 1.18 bits per heavy atom. The number of ether oxygens (including phenoxy) is 2. The molecule has 2 aromatic rings. The molecule has 1 saturated heterocycles. The van der Waals surface area contributed by atoms with Gasteiger partial charge in [0.15, 0.2) is 17.7 Å². The predicted molar refractivity (Wildman–Crippen MR) is 131 cm³/mol. The van der Waals surface area contributed by atoms with E-state index in [1.165, 1.54) is 6.07 Å². The van der Waals surface area contributed by atoms with Crippen molar-refractivity contribution in [3.05, 3.63) is 64.7 Å². The molecule has 2 aromatic carbocycles. The van der Waals surface area contributed by atoms with Crippen LogP contribution in [0.1, 0.15) is 42.6 Å². The topological polar surface area (TPSA) is 109 Å². The zero-order valence-electron chi connectivity index (χ0n) is 18.7. The number of carbonyl (C=O) groups excluding carboxylic acids is 1. The maximum atomic E-state index is 15.2. The highest BCUT2D eigenvalue weighted by Gasteiger charge is 2.30. The Bertz CT molecular complexity index is 958. The number of hydrogen-bond acceptors (Lipinski definition) is 5. The molecule has 0 aromatic heterocycles. The number of benzene rings is 2. The quantitative estimate of drug-likeness (QED) is 0.299. The maximum Gasteiger partial charge on any atom is 0.254 e. The molecule has 1 fully saturated rings. The summed E-state index contributed by atoms with van der Waals surface area (Å²) in [5.41, 5.74) is 6.26. The van der Waals surface area contributed by atoms with E-state index in [0.717, 1.165) is 24.7 Å². The fraction of sp³-hybridized carbons (Fsp3) is 0.391. The number of amidine groups is 1. The number of amides is 1. The van der Waals surface area contributed by atoms with Crippen LogP contribution in [0.2, 0.25) is 0 Å². The summed E-state index contributed by atoms with van der Waals surface area (Å²) >= 11 is 0. The lowest BCUT2D eigenvalue weighted by Crippen LogP contribution is -2.34. The molecule has 1 unspecified atom stereocenters. The number of halogens is 4. The van der Waals surface area contributed by atoms with Gasteiger partial charge in [0.2, 0.25) is 0 Å². The Kier molecular flexibility index (Phi) is 12.2. The number of carbonyl (C=O) groups is 1. The third kappa shape index (κ3) is 7.53. The molecule has 34 heavy (non-hydrogen) atoms. The second-order valence-electron chi connectivity index (χ2n) is 7.50. The number of nitrogen functional groups attached to an aromatic ring is 1. The minimum Gasteiger partial charge on any atom is -0.487 e. The smallest absolute Gasteiger partial charge is 0.254 e. The van der Waals surface area contributed by atoms with Crippen molar-refractivity contribution >= 4 is 36.6 Å². The third-order valence-corrected chi connectivity index (χ3v) is 5.24. The van der Waals surface area contributed by atoms with E-state index in [9.17, 15) is 9.18 Å². The Hall–Kier alpha value is -2.46. The molecule has 188 valence electrons. The zero-order valence-corrected chi connectivity index (χ0v) is 20.4. The Morgan fingerprint density at radius 2 is 1.82 bits per heavy atom. The van der Waals surface area contributed by atoms with Gasteiger partial charge in [-0.2, -0.15) is 0 Å². The predicted octanol–water partition coefficient (Wildman–Crippen LogP) is 3.62. The van der Waals surface area contributed by atoms with Gasteiger partial charge in [-0.3, -0.25) is 10.2 Å². The second-order valence-corrected chi connectivity index (χ2v) is 7.50. The summed E-state index contributed by atoms with van der Waals surface area (Å²) < 4.78 is 41.0. The maximum absolute atomic E-state index is 15.2. The van der Waals surface area contributed by atoms with Crippen molar-refractivity contribution in [2.45, 2.75) is 38.5 Å². The number of rotatable bonds is 9. The van der Waals surface area contributed by atoms with Gasteiger partial charge in [0.25, 0.3) is 5.91 Å². The molecule has 11 heteroatoms. The van der Waals surface area contributed by atoms with Gasteiger partial charge in [-0.15, -0.1) is 24.8 Å². The number of hydrogen-bond donors (Lipinski definition) is 4. The summed E-state index contributed by atoms with van der Waals surface area (Å²) in [5.74, 6) is -2.62. The first-order chi connectivity index (χ1) is 15.4. The van der Waals surface area contributed by atoms with E-state index in [4.69, 9.17) is 20.6 Å². The standard InChI is InChI=1S/C23H28F2N4O3.2ClH/c1-2-31-21(23(30)29-13-14-3-5-15(6-4-14)22(26)27)19-17(24)7-8-18(20(19)25)32-16-9-11-28-12-10-16;;/h3-8,16,21,28H,2,9-13H2,1H3,(H3,26,27)(H,29,30);2*1H. The average Bonchev–Trinajstić information content (AvgIpc) is 2.80. The minimum absolute atomic E-state index is 0. The molecule has 3 rings (SSSR count). The summed E-state index contributed by atoms with van der Waals surface area (Å²) in [6.07, 6.45) is -0.220. The molecule has 1 aliphatic heterocycles. The monoisotopic (exact) mass is 518 g/mol. The van der Waals surface area contributed by atoms with Crippen molar-refractivity contribution in [3.63, 3.8) is 0 Å². The number of nitrogens with one attached hydrogen (secondary N) is 3. The van der Waals surface area contributed by atoms with Crippen LogP contribution in [0, 0.1) is 17.0 Å². The molecule has 0 radical (unpaired) electrons. The van der Waals surface area contributed by atoms with Crippen LogP contribution in [0.25, 0.3) is 0 Å². The first-order valence-corrected chi connectivity index (χ1v) is 10.6. The van der Waals surface area contributed by atoms with E-state index in [1.54, 1.807) is 31.2 Å². The molecule has 1 heterocycles. The average molecular weight is 519 g/mol. The zero-order chi connectivity index (χ0) is 23.1. The molecule has 1 amide bonds. The molecule has 0 aliphatic carbocycles. The molecule has 7 nitrogen and oxygen atoms in total. The minimum atomic E-state index is -1.46. The van der Waals surface area contributed by atoms with E-state index in [2.05, 4.69) is 10.6 Å². The fourth-order valence-corrected chi connectivity index (χ4v) is 3.51. The lowest BCUT2D eigenvalue weighted by molar-refractivity contribution is -0.133. The van der Waals surface area contributed by atoms with Crippen LogP contribution in [0.15, 0.2) is 36.4 Å². The second kappa shape index (κ2) is 14.1. The highest BCUT2D eigenvalue weighted by molar-refractivity contribution is 5.94. The first kappa shape index (κ1) is 29.6. The summed E-state index contributed by atoms with van der Waals surface area (Å²) in [4.78, 5) is 12.8. The van der Waals surface area contributed by atoms with Crippen molar-refractivity contribution in [1.82, 2.24) is 10.6 Å². The van der Waals surface area contributed by atoms with E-state index in [1.807, 2.05) is 0 Å². The normalized spacial score (nSPS) is 14.3. The van der Waals surface area contributed by atoms with Gasteiger partial charge in [0.05, 0.1) is 5.56 Å². The van der Waals surface area contributed by atoms with Gasteiger partial charge in [-0.25, -0.2) is 8.78 Å². The van der Waals surface area contributed by atoms with Gasteiger partial charge in [0, 0.05) is 18.7 Å². The van der Waals surface area contributed by atoms with Crippen LogP contribution >= 0.6 is 24.8 Å². The molecular weight excluding hydrogens is 489 g/mol. The van der Waals surface area contributed by atoms with Crippen LogP contribution in [-0.2, 0) is 16.1 Å². The van der Waals surface area contributed by atoms with E-state index < -0.39 is 29.2 Å². The molecule has 0 saturated carbocycles. The Labute approximate surface area is 210 Å². The Morgan fingerprint density at radius 3 is 2.41 bits per heavy atom. The third-order valence-electron chi connectivity index (χ3n) is 5.24.